The fraction of sp³-hybridized carbons (Fsp3) is 0.333. The van der Waals surface area contributed by atoms with Gasteiger partial charge in [-0.1, -0.05) is 17.3 Å². The number of nitrogens with one attached hydrogen (secondary N) is 1. The number of hydrogen-bond donors (Lipinski definition) is 5. The molecule has 43 heavy (non-hydrogen) atoms. The summed E-state index contributed by atoms with van der Waals surface area (Å²) in [6.07, 6.45) is 2.73. The van der Waals surface area contributed by atoms with Gasteiger partial charge in [-0.2, -0.15) is 13.5 Å². The molecule has 1 aliphatic heterocycles. The van der Waals surface area contributed by atoms with Crippen molar-refractivity contribution in [3.63, 3.8) is 0 Å². The average molecular weight is 637 g/mol. The molecule has 1 aliphatic rings. The Kier molecular flexibility index (Phi) is 9.59. The minimum atomic E-state index is -4.82. The van der Waals surface area contributed by atoms with Gasteiger partial charge in [0.15, 0.2) is 10.8 Å². The summed E-state index contributed by atoms with van der Waals surface area (Å²) in [5.74, 6) is -3.22. The van der Waals surface area contributed by atoms with Crippen LogP contribution >= 0.6 is 11.3 Å². The Morgan fingerprint density at radius 1 is 1.26 bits per heavy atom. The lowest BCUT2D eigenvalue weighted by molar-refractivity contribution is -0.152. The number of thiazole rings is 1. The number of carboxylic acids is 1. The number of aliphatic carboxylic acids is 1. The first-order chi connectivity index (χ1) is 20.4. The Labute approximate surface area is 248 Å². The molecule has 0 spiro atoms. The summed E-state index contributed by atoms with van der Waals surface area (Å²) in [7, 11) is -4.82. The zero-order chi connectivity index (χ0) is 31.3. The van der Waals surface area contributed by atoms with Gasteiger partial charge in [0, 0.05) is 23.7 Å². The summed E-state index contributed by atoms with van der Waals surface area (Å²) < 4.78 is 39.4. The van der Waals surface area contributed by atoms with E-state index in [0.717, 1.165) is 28.9 Å². The summed E-state index contributed by atoms with van der Waals surface area (Å²) >= 11 is 0.957. The third-order valence-electron chi connectivity index (χ3n) is 6.21. The van der Waals surface area contributed by atoms with Crippen molar-refractivity contribution in [2.75, 3.05) is 18.9 Å². The second kappa shape index (κ2) is 13.2. The lowest BCUT2D eigenvalue weighted by atomic mass is 10.0. The molecule has 2 aromatic heterocycles. The van der Waals surface area contributed by atoms with Crippen LogP contribution in [0.5, 0.6) is 5.75 Å². The number of nitrogen functional groups attached to an aromatic ring is 1. The first-order valence-corrected chi connectivity index (χ1v) is 14.9. The largest absolute Gasteiger partial charge is 0.489 e. The van der Waals surface area contributed by atoms with Crippen molar-refractivity contribution in [1.29, 1.82) is 0 Å². The maximum Gasteiger partial charge on any atom is 0.362 e. The van der Waals surface area contributed by atoms with E-state index < -0.39 is 58.6 Å². The van der Waals surface area contributed by atoms with Gasteiger partial charge in [0.2, 0.25) is 0 Å². The van der Waals surface area contributed by atoms with Crippen molar-refractivity contribution in [3.8, 4) is 16.9 Å². The van der Waals surface area contributed by atoms with E-state index in [1.807, 2.05) is 6.20 Å². The number of benzene rings is 1. The van der Waals surface area contributed by atoms with E-state index in [-0.39, 0.29) is 15.1 Å². The summed E-state index contributed by atoms with van der Waals surface area (Å²) in [6, 6.07) is 4.40. The third kappa shape index (κ3) is 7.44. The van der Waals surface area contributed by atoms with Crippen LogP contribution in [0.1, 0.15) is 19.0 Å². The van der Waals surface area contributed by atoms with E-state index in [2.05, 4.69) is 20.6 Å². The van der Waals surface area contributed by atoms with Crippen LogP contribution in [0.3, 0.4) is 0 Å². The normalized spacial score (nSPS) is 17.7. The number of aryl methyl sites for hydroxylation is 1. The van der Waals surface area contributed by atoms with Crippen LogP contribution in [-0.4, -0.2) is 92.0 Å². The number of oxime groups is 1. The SMILES string of the molecule is C[C@H]1[C@H](NC(=O)/C(=N\OC(COc2ccc(-c3cnn(CCCN)c3)cc2)C(=O)O)c2csc(N)n2)C(=O)N1S(=O)(=O)O. The van der Waals surface area contributed by atoms with Crippen molar-refractivity contribution in [2.45, 2.75) is 38.1 Å². The van der Waals surface area contributed by atoms with Gasteiger partial charge in [-0.05, 0) is 37.6 Å². The Bertz CT molecular complexity index is 1620. The average Bonchev–Trinajstić information content (AvgIpc) is 3.61. The van der Waals surface area contributed by atoms with Crippen LogP contribution in [0.2, 0.25) is 0 Å². The molecule has 2 amide bonds. The molecule has 1 fully saturated rings. The monoisotopic (exact) mass is 636 g/mol. The fourth-order valence-corrected chi connectivity index (χ4v) is 5.41. The van der Waals surface area contributed by atoms with Crippen molar-refractivity contribution in [1.82, 2.24) is 24.4 Å². The molecule has 3 heterocycles. The second-order valence-corrected chi connectivity index (χ2v) is 11.4. The van der Waals surface area contributed by atoms with Crippen LogP contribution in [0.4, 0.5) is 5.13 Å². The molecule has 230 valence electrons. The summed E-state index contributed by atoms with van der Waals surface area (Å²) in [5.41, 5.74) is 12.3. The molecular weight excluding hydrogens is 608 g/mol. The highest BCUT2D eigenvalue weighted by molar-refractivity contribution is 7.84. The quantitative estimate of drug-likeness (QED) is 0.0660. The van der Waals surface area contributed by atoms with Gasteiger partial charge >= 0.3 is 16.3 Å². The molecule has 4 rings (SSSR count). The van der Waals surface area contributed by atoms with Crippen LogP contribution in [0.25, 0.3) is 11.1 Å². The number of β-lactam (4-membered cyclic amide) rings is 1. The Morgan fingerprint density at radius 3 is 2.56 bits per heavy atom. The fourth-order valence-electron chi connectivity index (χ4n) is 3.98. The number of ether oxygens (including phenoxy) is 1. The molecule has 0 saturated carbocycles. The number of carbonyl (C=O) groups excluding carboxylic acids is 2. The molecular formula is C24H28N8O9S2. The van der Waals surface area contributed by atoms with Gasteiger partial charge in [0.1, 0.15) is 24.1 Å². The molecule has 0 aliphatic carbocycles. The van der Waals surface area contributed by atoms with Crippen molar-refractivity contribution in [3.05, 3.63) is 47.7 Å². The van der Waals surface area contributed by atoms with E-state index in [0.29, 0.717) is 18.8 Å². The zero-order valence-electron chi connectivity index (χ0n) is 22.6. The molecule has 7 N–H and O–H groups in total. The van der Waals surface area contributed by atoms with Crippen LogP contribution < -0.4 is 21.5 Å². The van der Waals surface area contributed by atoms with Gasteiger partial charge < -0.3 is 31.5 Å². The van der Waals surface area contributed by atoms with Gasteiger partial charge in [-0.3, -0.25) is 18.8 Å². The first kappa shape index (κ1) is 31.3. The predicted octanol–water partition coefficient (Wildman–Crippen LogP) is -0.291. The maximum absolute atomic E-state index is 13.0. The number of carboxylic acid groups (broad SMARTS) is 1. The molecule has 1 unspecified atom stereocenters. The van der Waals surface area contributed by atoms with E-state index in [4.69, 9.17) is 25.6 Å². The number of hydrogen-bond acceptors (Lipinski definition) is 13. The minimum Gasteiger partial charge on any atom is -0.489 e. The van der Waals surface area contributed by atoms with Crippen LogP contribution in [0.15, 0.2) is 47.2 Å². The second-order valence-electron chi connectivity index (χ2n) is 9.22. The number of nitrogens with zero attached hydrogens (tertiary/aromatic N) is 5. The number of aromatic nitrogens is 3. The molecule has 17 nitrogen and oxygen atoms in total. The van der Waals surface area contributed by atoms with Gasteiger partial charge in [-0.25, -0.2) is 14.1 Å². The number of rotatable bonds is 14. The van der Waals surface area contributed by atoms with E-state index in [1.54, 1.807) is 35.1 Å². The topological polar surface area (TPSA) is 255 Å². The molecule has 3 atom stereocenters. The molecule has 0 radical (unpaired) electrons. The zero-order valence-corrected chi connectivity index (χ0v) is 24.2. The number of nitrogens with two attached hydrogens (primary N) is 2. The molecule has 3 aromatic rings. The van der Waals surface area contributed by atoms with E-state index >= 15 is 0 Å². The van der Waals surface area contributed by atoms with Crippen LogP contribution in [-0.2, 0) is 36.1 Å². The summed E-state index contributed by atoms with van der Waals surface area (Å²) in [5, 5.41) is 21.3. The van der Waals surface area contributed by atoms with E-state index in [1.165, 1.54) is 12.3 Å². The highest BCUT2D eigenvalue weighted by Crippen LogP contribution is 2.24. The highest BCUT2D eigenvalue weighted by atomic mass is 32.2. The van der Waals surface area contributed by atoms with E-state index in [9.17, 15) is 27.9 Å². The highest BCUT2D eigenvalue weighted by Gasteiger charge is 2.51. The van der Waals surface area contributed by atoms with Crippen molar-refractivity contribution in [2.24, 2.45) is 10.9 Å². The Morgan fingerprint density at radius 2 is 1.98 bits per heavy atom. The van der Waals surface area contributed by atoms with Gasteiger partial charge in [0.25, 0.3) is 17.9 Å². The number of anilines is 1. The lowest BCUT2D eigenvalue weighted by Crippen LogP contribution is -2.71. The Balaban J connectivity index is 1.42. The van der Waals surface area contributed by atoms with Crippen molar-refractivity contribution < 1.29 is 42.0 Å². The third-order valence-corrected chi connectivity index (χ3v) is 7.89. The smallest absolute Gasteiger partial charge is 0.362 e. The molecule has 19 heteroatoms. The summed E-state index contributed by atoms with van der Waals surface area (Å²) in [6.45, 7) is 2.04. The predicted molar refractivity (Wildman–Crippen MR) is 152 cm³/mol. The first-order valence-electron chi connectivity index (χ1n) is 12.6. The number of carbonyl (C=O) groups is 3. The van der Waals surface area contributed by atoms with Gasteiger partial charge in [-0.15, -0.1) is 11.3 Å². The number of amides is 2. The maximum atomic E-state index is 13.0. The standard InChI is InChI=1S/C24H28N8O9S2/c1-13-19(22(34)32(13)43(37,38)39)29-21(33)20(17-12-42-24(26)28-17)30-41-18(23(35)36)11-40-16-5-3-14(4-6-16)15-9-27-31(10-15)8-2-7-25/h3-6,9-10,12-13,18-19H,2,7-8,11,25H2,1H3,(H2,26,28)(H,29,33)(H,35,36)(H,37,38,39)/b30-20-/t13-,18?,19-/m0/s1. The lowest BCUT2D eigenvalue weighted by Gasteiger charge is -2.42. The molecule has 1 saturated heterocycles. The molecule has 1 aromatic carbocycles. The molecule has 0 bridgehead atoms. The Hall–Kier alpha value is -4.59. The van der Waals surface area contributed by atoms with Crippen LogP contribution in [0, 0.1) is 0 Å². The van der Waals surface area contributed by atoms with Gasteiger partial charge in [0.05, 0.1) is 12.2 Å². The summed E-state index contributed by atoms with van der Waals surface area (Å²) in [4.78, 5) is 46.1. The van der Waals surface area contributed by atoms with Crippen molar-refractivity contribution >= 4 is 50.3 Å². The minimum absolute atomic E-state index is 0.0607.